The third-order valence-corrected chi connectivity index (χ3v) is 5.24. The number of rotatable bonds is 3. The molecule has 2 bridgehead atoms. The summed E-state index contributed by atoms with van der Waals surface area (Å²) in [6.07, 6.45) is 7.49. The van der Waals surface area contributed by atoms with Gasteiger partial charge in [0.15, 0.2) is 0 Å². The first-order valence-electron chi connectivity index (χ1n) is 6.97. The number of carbonyl (C=O) groups excluding carboxylic acids is 2. The Kier molecular flexibility index (Phi) is 2.05. The van der Waals surface area contributed by atoms with Crippen molar-refractivity contribution in [2.45, 2.75) is 25.3 Å². The van der Waals surface area contributed by atoms with E-state index in [1.54, 1.807) is 4.90 Å². The van der Waals surface area contributed by atoms with Crippen molar-refractivity contribution in [2.24, 2.45) is 35.3 Å². The lowest BCUT2D eigenvalue weighted by Gasteiger charge is -2.26. The van der Waals surface area contributed by atoms with Crippen LogP contribution in [0.25, 0.3) is 0 Å². The van der Waals surface area contributed by atoms with Crippen LogP contribution < -0.4 is 5.73 Å². The van der Waals surface area contributed by atoms with Gasteiger partial charge in [0.2, 0.25) is 11.8 Å². The van der Waals surface area contributed by atoms with E-state index in [4.69, 9.17) is 5.73 Å². The predicted octanol–water partition coefficient (Wildman–Crippen LogP) is 0.531. The third-order valence-electron chi connectivity index (χ3n) is 5.24. The number of nitrogens with zero attached hydrogens (tertiary/aromatic N) is 1. The summed E-state index contributed by atoms with van der Waals surface area (Å²) in [6.45, 7) is 0.421. The Balaban J connectivity index is 1.67. The summed E-state index contributed by atoms with van der Waals surface area (Å²) in [4.78, 5) is 26.6. The smallest absolute Gasteiger partial charge is 0.234 e. The van der Waals surface area contributed by atoms with Gasteiger partial charge in [-0.2, -0.15) is 0 Å². The highest BCUT2D eigenvalue weighted by molar-refractivity contribution is 6.06. The Morgan fingerprint density at radius 1 is 1.17 bits per heavy atom. The molecule has 1 heterocycles. The molecule has 0 aromatic heterocycles. The first-order valence-corrected chi connectivity index (χ1v) is 6.97. The van der Waals surface area contributed by atoms with Crippen molar-refractivity contribution >= 4 is 11.8 Å². The van der Waals surface area contributed by atoms with Crippen molar-refractivity contribution < 1.29 is 9.59 Å². The van der Waals surface area contributed by atoms with Crippen LogP contribution in [-0.4, -0.2) is 29.3 Å². The maximum absolute atomic E-state index is 12.5. The molecule has 2 saturated carbocycles. The molecule has 2 N–H and O–H groups in total. The van der Waals surface area contributed by atoms with E-state index < -0.39 is 0 Å². The predicted molar refractivity (Wildman–Crippen MR) is 65.1 cm³/mol. The van der Waals surface area contributed by atoms with Crippen LogP contribution in [0, 0.1) is 29.6 Å². The molecule has 4 heteroatoms. The van der Waals surface area contributed by atoms with E-state index in [0.717, 1.165) is 19.3 Å². The summed E-state index contributed by atoms with van der Waals surface area (Å²) in [5.41, 5.74) is 5.79. The van der Waals surface area contributed by atoms with Gasteiger partial charge >= 0.3 is 0 Å². The minimum atomic E-state index is -0.0692. The summed E-state index contributed by atoms with van der Waals surface area (Å²) < 4.78 is 0. The second-order valence-corrected chi connectivity index (χ2v) is 6.19. The number of likely N-dealkylation sites (tertiary alicyclic amines) is 1. The van der Waals surface area contributed by atoms with Crippen molar-refractivity contribution in [1.29, 1.82) is 0 Å². The third kappa shape index (κ3) is 1.19. The normalized spacial score (nSPS) is 42.8. The zero-order chi connectivity index (χ0) is 12.4. The Labute approximate surface area is 106 Å². The van der Waals surface area contributed by atoms with E-state index >= 15 is 0 Å². The highest BCUT2D eigenvalue weighted by Crippen LogP contribution is 2.53. The molecular formula is C14H18N2O2. The van der Waals surface area contributed by atoms with Gasteiger partial charge in [0.25, 0.3) is 0 Å². The van der Waals surface area contributed by atoms with Crippen LogP contribution in [0.15, 0.2) is 12.2 Å². The lowest BCUT2D eigenvalue weighted by atomic mass is 9.85. The van der Waals surface area contributed by atoms with Crippen molar-refractivity contribution in [1.82, 2.24) is 4.90 Å². The molecule has 5 unspecified atom stereocenters. The average Bonchev–Trinajstić information content (AvgIpc) is 2.90. The highest BCUT2D eigenvalue weighted by Gasteiger charge is 2.61. The molecular weight excluding hydrogens is 228 g/mol. The zero-order valence-electron chi connectivity index (χ0n) is 10.3. The van der Waals surface area contributed by atoms with Crippen molar-refractivity contribution in [3.63, 3.8) is 0 Å². The average molecular weight is 246 g/mol. The van der Waals surface area contributed by atoms with Crippen LogP contribution in [0.4, 0.5) is 0 Å². The number of hydrogen-bond donors (Lipinski definition) is 1. The Hall–Kier alpha value is -1.16. The molecule has 4 rings (SSSR count). The van der Waals surface area contributed by atoms with Crippen LogP contribution in [0.2, 0.25) is 0 Å². The van der Waals surface area contributed by atoms with Crippen molar-refractivity contribution in [3.05, 3.63) is 12.2 Å². The monoisotopic (exact) mass is 246 g/mol. The second kappa shape index (κ2) is 3.44. The van der Waals surface area contributed by atoms with Crippen LogP contribution >= 0.6 is 0 Å². The number of fused-ring (bicyclic) bond motifs is 5. The quantitative estimate of drug-likeness (QED) is 0.583. The van der Waals surface area contributed by atoms with E-state index in [-0.39, 0.29) is 29.7 Å². The molecule has 4 aliphatic rings. The van der Waals surface area contributed by atoms with Crippen LogP contribution in [0.1, 0.15) is 19.3 Å². The lowest BCUT2D eigenvalue weighted by Crippen LogP contribution is -2.47. The Morgan fingerprint density at radius 2 is 1.72 bits per heavy atom. The SMILES string of the molecule is NCC(C1CC1)N1C(=O)C2C3C=CC(C3)C2C1=O. The summed E-state index contributed by atoms with van der Waals surface area (Å²) in [5, 5.41) is 0. The summed E-state index contributed by atoms with van der Waals surface area (Å²) >= 11 is 0. The number of amides is 2. The molecule has 0 aromatic carbocycles. The first-order chi connectivity index (χ1) is 8.72. The molecule has 0 radical (unpaired) electrons. The highest BCUT2D eigenvalue weighted by atomic mass is 16.2. The number of nitrogens with two attached hydrogens (primary N) is 1. The second-order valence-electron chi connectivity index (χ2n) is 6.19. The van der Waals surface area contributed by atoms with E-state index in [0.29, 0.717) is 24.3 Å². The van der Waals surface area contributed by atoms with Gasteiger partial charge in [-0.1, -0.05) is 12.2 Å². The molecule has 5 atom stereocenters. The molecule has 2 amide bonds. The maximum Gasteiger partial charge on any atom is 0.234 e. The van der Waals surface area contributed by atoms with Gasteiger partial charge < -0.3 is 5.73 Å². The molecule has 1 aliphatic heterocycles. The van der Waals surface area contributed by atoms with Crippen molar-refractivity contribution in [2.75, 3.05) is 6.54 Å². The van der Waals surface area contributed by atoms with E-state index in [1.165, 1.54) is 0 Å². The standard InChI is InChI=1S/C14H18N2O2/c15-6-10(7-1-2-7)16-13(17)11-8-3-4-9(5-8)12(11)14(16)18/h3-4,7-12H,1-2,5-6,15H2. The van der Waals surface area contributed by atoms with Gasteiger partial charge in [-0.25, -0.2) is 0 Å². The lowest BCUT2D eigenvalue weighted by molar-refractivity contribution is -0.143. The van der Waals surface area contributed by atoms with Gasteiger partial charge in [-0.05, 0) is 37.0 Å². The number of imide groups is 1. The first kappa shape index (κ1) is 10.7. The fourth-order valence-electron chi connectivity index (χ4n) is 4.24. The maximum atomic E-state index is 12.5. The number of carbonyl (C=O) groups is 2. The van der Waals surface area contributed by atoms with Crippen LogP contribution in [0.5, 0.6) is 0 Å². The molecule has 3 fully saturated rings. The molecule has 96 valence electrons. The molecule has 0 aromatic rings. The van der Waals surface area contributed by atoms with Gasteiger partial charge in [0.05, 0.1) is 17.9 Å². The fraction of sp³-hybridized carbons (Fsp3) is 0.714. The van der Waals surface area contributed by atoms with Crippen LogP contribution in [-0.2, 0) is 9.59 Å². The largest absolute Gasteiger partial charge is 0.328 e. The van der Waals surface area contributed by atoms with E-state index in [1.807, 2.05) is 0 Å². The zero-order valence-corrected chi connectivity index (χ0v) is 10.3. The van der Waals surface area contributed by atoms with Gasteiger partial charge in [0, 0.05) is 6.54 Å². The minimum Gasteiger partial charge on any atom is -0.328 e. The number of allylic oxidation sites excluding steroid dienone is 2. The molecule has 4 nitrogen and oxygen atoms in total. The number of hydrogen-bond acceptors (Lipinski definition) is 3. The Morgan fingerprint density at radius 3 is 2.17 bits per heavy atom. The molecule has 18 heavy (non-hydrogen) atoms. The van der Waals surface area contributed by atoms with Gasteiger partial charge in [-0.15, -0.1) is 0 Å². The minimum absolute atomic E-state index is 0.0324. The van der Waals surface area contributed by atoms with Crippen LogP contribution in [0.3, 0.4) is 0 Å². The molecule has 3 aliphatic carbocycles. The topological polar surface area (TPSA) is 63.4 Å². The molecule has 0 spiro atoms. The fourth-order valence-corrected chi connectivity index (χ4v) is 4.24. The van der Waals surface area contributed by atoms with Gasteiger partial charge in [0.1, 0.15) is 0 Å². The Bertz CT molecular complexity index is 425. The van der Waals surface area contributed by atoms with Gasteiger partial charge in [-0.3, -0.25) is 14.5 Å². The molecule has 1 saturated heterocycles. The summed E-state index contributed by atoms with van der Waals surface area (Å²) in [7, 11) is 0. The van der Waals surface area contributed by atoms with E-state index in [2.05, 4.69) is 12.2 Å². The van der Waals surface area contributed by atoms with E-state index in [9.17, 15) is 9.59 Å². The summed E-state index contributed by atoms with van der Waals surface area (Å²) in [5.74, 6) is 1.06. The van der Waals surface area contributed by atoms with Crippen molar-refractivity contribution in [3.8, 4) is 0 Å². The summed E-state index contributed by atoms with van der Waals surface area (Å²) in [6, 6.07) is -0.0324.